The Balaban J connectivity index is 0.00000289. The van der Waals surface area contributed by atoms with E-state index in [1.54, 1.807) is 0 Å². The molecule has 3 atom stereocenters. The molecule has 1 amide bonds. The van der Waals surface area contributed by atoms with E-state index in [1.165, 1.54) is 0 Å². The number of aliphatic hydroxyl groups is 1. The van der Waals surface area contributed by atoms with Gasteiger partial charge in [-0.05, 0) is 25.2 Å². The standard InChI is InChI=1S/C13H26N2O2.ClH/c1-3-9(4-2)12(16)8-15-13(17)10-5-6-11(14)7-10;/h9-12,16H,3-8,14H2,1-2H3,(H,15,17);1H. The van der Waals surface area contributed by atoms with E-state index in [1.807, 2.05) is 0 Å². The van der Waals surface area contributed by atoms with Crippen LogP contribution in [-0.2, 0) is 4.79 Å². The Hall–Kier alpha value is -0.320. The van der Waals surface area contributed by atoms with Crippen molar-refractivity contribution in [3.05, 3.63) is 0 Å². The molecule has 0 aromatic carbocycles. The molecule has 3 unspecified atom stereocenters. The van der Waals surface area contributed by atoms with Gasteiger partial charge in [0, 0.05) is 18.5 Å². The number of hydrogen-bond acceptors (Lipinski definition) is 3. The largest absolute Gasteiger partial charge is 0.391 e. The highest BCUT2D eigenvalue weighted by atomic mass is 35.5. The number of amides is 1. The van der Waals surface area contributed by atoms with Crippen molar-refractivity contribution in [2.75, 3.05) is 6.54 Å². The average Bonchev–Trinajstić information content (AvgIpc) is 2.74. The Morgan fingerprint density at radius 3 is 2.44 bits per heavy atom. The fraction of sp³-hybridized carbons (Fsp3) is 0.923. The molecule has 0 bridgehead atoms. The number of hydrogen-bond donors (Lipinski definition) is 3. The summed E-state index contributed by atoms with van der Waals surface area (Å²) in [4.78, 5) is 11.8. The predicted molar refractivity (Wildman–Crippen MR) is 75.7 cm³/mol. The second-order valence-corrected chi connectivity index (χ2v) is 5.16. The Morgan fingerprint density at radius 1 is 1.39 bits per heavy atom. The number of nitrogens with one attached hydrogen (secondary N) is 1. The van der Waals surface area contributed by atoms with Crippen molar-refractivity contribution >= 4 is 18.3 Å². The molecule has 4 nitrogen and oxygen atoms in total. The highest BCUT2D eigenvalue weighted by Crippen LogP contribution is 2.24. The lowest BCUT2D eigenvalue weighted by atomic mass is 9.96. The summed E-state index contributed by atoms with van der Waals surface area (Å²) in [6, 6.07) is 0.176. The monoisotopic (exact) mass is 278 g/mol. The van der Waals surface area contributed by atoms with Crippen LogP contribution in [0.1, 0.15) is 46.0 Å². The summed E-state index contributed by atoms with van der Waals surface area (Å²) in [7, 11) is 0. The van der Waals surface area contributed by atoms with E-state index in [4.69, 9.17) is 5.73 Å². The molecule has 18 heavy (non-hydrogen) atoms. The summed E-state index contributed by atoms with van der Waals surface area (Å²) in [5, 5.41) is 12.8. The summed E-state index contributed by atoms with van der Waals surface area (Å²) < 4.78 is 0. The third-order valence-electron chi connectivity index (χ3n) is 3.92. The minimum atomic E-state index is -0.427. The van der Waals surface area contributed by atoms with Crippen LogP contribution in [-0.4, -0.2) is 29.7 Å². The molecule has 0 aromatic heterocycles. The Morgan fingerprint density at radius 2 is 2.00 bits per heavy atom. The molecule has 0 spiro atoms. The molecule has 0 saturated heterocycles. The maximum Gasteiger partial charge on any atom is 0.223 e. The first-order valence-corrected chi connectivity index (χ1v) is 6.79. The molecule has 0 heterocycles. The van der Waals surface area contributed by atoms with E-state index in [0.717, 1.165) is 32.1 Å². The molecular weight excluding hydrogens is 252 g/mol. The molecule has 1 saturated carbocycles. The molecule has 1 aliphatic rings. The SMILES string of the molecule is CCC(CC)C(O)CNC(=O)C1CCC(N)C1.Cl. The predicted octanol–water partition coefficient (Wildman–Crippen LogP) is 1.45. The van der Waals surface area contributed by atoms with Crippen molar-refractivity contribution in [3.8, 4) is 0 Å². The lowest BCUT2D eigenvalue weighted by Crippen LogP contribution is -2.38. The third kappa shape index (κ3) is 5.12. The summed E-state index contributed by atoms with van der Waals surface area (Å²) in [5.74, 6) is 0.392. The van der Waals surface area contributed by atoms with Crippen LogP contribution in [0.2, 0.25) is 0 Å². The number of carbonyl (C=O) groups is 1. The van der Waals surface area contributed by atoms with Gasteiger partial charge in [-0.2, -0.15) is 0 Å². The molecule has 1 fully saturated rings. The lowest BCUT2D eigenvalue weighted by molar-refractivity contribution is -0.125. The van der Waals surface area contributed by atoms with Gasteiger partial charge in [0.1, 0.15) is 0 Å². The Bertz CT molecular complexity index is 247. The van der Waals surface area contributed by atoms with Crippen molar-refractivity contribution in [3.63, 3.8) is 0 Å². The molecule has 0 aromatic rings. The Labute approximate surface area is 116 Å². The van der Waals surface area contributed by atoms with Crippen molar-refractivity contribution in [1.29, 1.82) is 0 Å². The first kappa shape index (κ1) is 17.7. The molecule has 0 aliphatic heterocycles. The summed E-state index contributed by atoms with van der Waals surface area (Å²) in [5.41, 5.74) is 5.78. The fourth-order valence-electron chi connectivity index (χ4n) is 2.60. The van der Waals surface area contributed by atoms with E-state index >= 15 is 0 Å². The number of rotatable bonds is 6. The number of aliphatic hydroxyl groups excluding tert-OH is 1. The van der Waals surface area contributed by atoms with Crippen LogP contribution in [0.4, 0.5) is 0 Å². The average molecular weight is 279 g/mol. The zero-order chi connectivity index (χ0) is 12.8. The van der Waals surface area contributed by atoms with Crippen LogP contribution in [0.25, 0.3) is 0 Å². The van der Waals surface area contributed by atoms with Crippen molar-refractivity contribution < 1.29 is 9.90 Å². The molecule has 1 rings (SSSR count). The molecule has 0 radical (unpaired) electrons. The summed E-state index contributed by atoms with van der Waals surface area (Å²) in [6.07, 6.45) is 4.07. The van der Waals surface area contributed by atoms with Gasteiger partial charge < -0.3 is 16.2 Å². The van der Waals surface area contributed by atoms with Crippen LogP contribution in [0, 0.1) is 11.8 Å². The van der Waals surface area contributed by atoms with Crippen LogP contribution >= 0.6 is 12.4 Å². The maximum absolute atomic E-state index is 11.8. The van der Waals surface area contributed by atoms with Gasteiger partial charge in [-0.25, -0.2) is 0 Å². The van der Waals surface area contributed by atoms with Gasteiger partial charge in [0.25, 0.3) is 0 Å². The van der Waals surface area contributed by atoms with Gasteiger partial charge in [-0.3, -0.25) is 4.79 Å². The van der Waals surface area contributed by atoms with E-state index in [9.17, 15) is 9.90 Å². The Kier molecular flexibility index (Phi) is 8.57. The normalized spacial score (nSPS) is 24.7. The van der Waals surface area contributed by atoms with E-state index in [0.29, 0.717) is 6.54 Å². The highest BCUT2D eigenvalue weighted by Gasteiger charge is 2.28. The van der Waals surface area contributed by atoms with Gasteiger partial charge in [-0.15, -0.1) is 12.4 Å². The number of nitrogens with two attached hydrogens (primary N) is 1. The van der Waals surface area contributed by atoms with Crippen molar-refractivity contribution in [1.82, 2.24) is 5.32 Å². The van der Waals surface area contributed by atoms with E-state index < -0.39 is 6.10 Å². The van der Waals surface area contributed by atoms with Gasteiger partial charge in [-0.1, -0.05) is 26.7 Å². The topological polar surface area (TPSA) is 75.3 Å². The molecule has 5 heteroatoms. The number of carbonyl (C=O) groups excluding carboxylic acids is 1. The quantitative estimate of drug-likeness (QED) is 0.688. The van der Waals surface area contributed by atoms with Crippen LogP contribution in [0.3, 0.4) is 0 Å². The van der Waals surface area contributed by atoms with Crippen molar-refractivity contribution in [2.24, 2.45) is 17.6 Å². The zero-order valence-electron chi connectivity index (χ0n) is 11.4. The zero-order valence-corrected chi connectivity index (χ0v) is 12.2. The van der Waals surface area contributed by atoms with Crippen LogP contribution < -0.4 is 11.1 Å². The van der Waals surface area contributed by atoms with E-state index in [2.05, 4.69) is 19.2 Å². The second kappa shape index (κ2) is 8.73. The molecule has 1 aliphatic carbocycles. The van der Waals surface area contributed by atoms with Crippen molar-refractivity contribution in [2.45, 2.75) is 58.1 Å². The van der Waals surface area contributed by atoms with Gasteiger partial charge in [0.15, 0.2) is 0 Å². The minimum Gasteiger partial charge on any atom is -0.391 e. The van der Waals surface area contributed by atoms with Crippen LogP contribution in [0.5, 0.6) is 0 Å². The number of halogens is 1. The van der Waals surface area contributed by atoms with E-state index in [-0.39, 0.29) is 36.2 Å². The highest BCUT2D eigenvalue weighted by molar-refractivity contribution is 5.85. The maximum atomic E-state index is 11.8. The molecular formula is C13H27ClN2O2. The molecule has 4 N–H and O–H groups in total. The second-order valence-electron chi connectivity index (χ2n) is 5.16. The summed E-state index contributed by atoms with van der Waals surface area (Å²) in [6.45, 7) is 4.50. The minimum absolute atomic E-state index is 0. The summed E-state index contributed by atoms with van der Waals surface area (Å²) >= 11 is 0. The molecule has 108 valence electrons. The van der Waals surface area contributed by atoms with Gasteiger partial charge in [0.2, 0.25) is 5.91 Å². The first-order chi connectivity index (χ1) is 8.08. The van der Waals surface area contributed by atoms with Crippen LogP contribution in [0.15, 0.2) is 0 Å². The smallest absolute Gasteiger partial charge is 0.223 e. The van der Waals surface area contributed by atoms with Gasteiger partial charge in [0.05, 0.1) is 6.10 Å². The van der Waals surface area contributed by atoms with Gasteiger partial charge >= 0.3 is 0 Å². The fourth-order valence-corrected chi connectivity index (χ4v) is 2.60. The lowest BCUT2D eigenvalue weighted by Gasteiger charge is -2.21. The first-order valence-electron chi connectivity index (χ1n) is 6.79. The third-order valence-corrected chi connectivity index (χ3v) is 3.92.